The van der Waals surface area contributed by atoms with Crippen LogP contribution in [-0.4, -0.2) is 23.3 Å². The maximum atomic E-state index is 12.6. The van der Waals surface area contributed by atoms with E-state index in [-0.39, 0.29) is 23.9 Å². The first kappa shape index (κ1) is 21.5. The molecule has 0 aliphatic rings. The van der Waals surface area contributed by atoms with E-state index in [4.69, 9.17) is 4.74 Å². The molecule has 0 saturated heterocycles. The Labute approximate surface area is 183 Å². The lowest BCUT2D eigenvalue weighted by Gasteiger charge is -2.14. The van der Waals surface area contributed by atoms with E-state index in [9.17, 15) is 9.59 Å². The summed E-state index contributed by atoms with van der Waals surface area (Å²) in [4.78, 5) is 29.1. The quantitative estimate of drug-likeness (QED) is 0.538. The summed E-state index contributed by atoms with van der Waals surface area (Å²) in [5.74, 6) is -0.0302. The number of carbonyl (C=O) groups excluding carboxylic acids is 2. The van der Waals surface area contributed by atoms with Crippen LogP contribution in [-0.2, 0) is 4.79 Å². The van der Waals surface area contributed by atoms with Crippen LogP contribution in [0.4, 0.5) is 5.69 Å². The number of benzene rings is 2. The van der Waals surface area contributed by atoms with Gasteiger partial charge in [0.2, 0.25) is 11.8 Å². The van der Waals surface area contributed by atoms with Gasteiger partial charge >= 0.3 is 0 Å². The van der Waals surface area contributed by atoms with Crippen LogP contribution in [0, 0.1) is 20.8 Å². The molecule has 0 aliphatic heterocycles. The van der Waals surface area contributed by atoms with Crippen molar-refractivity contribution in [1.29, 1.82) is 0 Å². The van der Waals surface area contributed by atoms with E-state index < -0.39 is 5.91 Å². The molecular weight excluding hydrogens is 446 g/mol. The molecule has 6 nitrogen and oxygen atoms in total. The summed E-state index contributed by atoms with van der Waals surface area (Å²) in [7, 11) is 0. The number of carbonyl (C=O) groups is 2. The van der Waals surface area contributed by atoms with Crippen LogP contribution >= 0.6 is 15.9 Å². The van der Waals surface area contributed by atoms with Gasteiger partial charge < -0.3 is 15.4 Å². The minimum Gasteiger partial charge on any atom is -0.438 e. The molecule has 0 spiro atoms. The Hall–Kier alpha value is -3.19. The fourth-order valence-electron chi connectivity index (χ4n) is 3.08. The highest BCUT2D eigenvalue weighted by atomic mass is 79.9. The number of nitrogens with one attached hydrogen (secondary N) is 2. The smallest absolute Gasteiger partial charge is 0.257 e. The largest absolute Gasteiger partial charge is 0.438 e. The van der Waals surface area contributed by atoms with E-state index in [0.29, 0.717) is 5.75 Å². The van der Waals surface area contributed by atoms with Gasteiger partial charge in [0.15, 0.2) is 0 Å². The van der Waals surface area contributed by atoms with Gasteiger partial charge in [-0.2, -0.15) is 0 Å². The second kappa shape index (κ2) is 9.54. The molecule has 2 aromatic carbocycles. The Kier molecular flexibility index (Phi) is 6.84. The zero-order valence-electron chi connectivity index (χ0n) is 17.0. The van der Waals surface area contributed by atoms with Gasteiger partial charge in [-0.15, -0.1) is 0 Å². The first-order valence-electron chi connectivity index (χ1n) is 9.38. The molecule has 0 fully saturated rings. The molecule has 0 radical (unpaired) electrons. The standard InChI is InChI=1S/C23H22BrN3O3/c1-14-11-15(2)21(16(3)12-14)27-20(28)13-26-22(29)19-5-4-10-25-23(19)30-18-8-6-17(24)7-9-18/h4-12H,13H2,1-3H3,(H,26,29)(H,27,28). The zero-order valence-corrected chi connectivity index (χ0v) is 18.5. The van der Waals surface area contributed by atoms with Crippen molar-refractivity contribution in [3.63, 3.8) is 0 Å². The lowest BCUT2D eigenvalue weighted by Crippen LogP contribution is -2.33. The van der Waals surface area contributed by atoms with Crippen molar-refractivity contribution in [2.24, 2.45) is 0 Å². The Balaban J connectivity index is 1.65. The molecule has 1 aromatic heterocycles. The summed E-state index contributed by atoms with van der Waals surface area (Å²) in [6.07, 6.45) is 1.54. The number of hydrogen-bond donors (Lipinski definition) is 2. The number of halogens is 1. The van der Waals surface area contributed by atoms with E-state index in [1.807, 2.05) is 45.0 Å². The molecule has 3 rings (SSSR count). The Bertz CT molecular complexity index is 1060. The Morgan fingerprint density at radius 3 is 2.37 bits per heavy atom. The van der Waals surface area contributed by atoms with Crippen LogP contribution in [0.25, 0.3) is 0 Å². The van der Waals surface area contributed by atoms with E-state index in [2.05, 4.69) is 31.5 Å². The summed E-state index contributed by atoms with van der Waals surface area (Å²) in [6.45, 7) is 5.72. The number of aryl methyl sites for hydroxylation is 3. The van der Waals surface area contributed by atoms with Gasteiger partial charge in [0.25, 0.3) is 5.91 Å². The number of rotatable bonds is 6. The molecule has 3 aromatic rings. The highest BCUT2D eigenvalue weighted by molar-refractivity contribution is 9.10. The van der Waals surface area contributed by atoms with Gasteiger partial charge in [-0.05, 0) is 68.3 Å². The number of aromatic nitrogens is 1. The van der Waals surface area contributed by atoms with E-state index in [1.165, 1.54) is 0 Å². The summed E-state index contributed by atoms with van der Waals surface area (Å²) in [6, 6.07) is 14.4. The van der Waals surface area contributed by atoms with Crippen molar-refractivity contribution in [3.05, 3.63) is 81.5 Å². The highest BCUT2D eigenvalue weighted by Crippen LogP contribution is 2.25. The van der Waals surface area contributed by atoms with Crippen LogP contribution in [0.1, 0.15) is 27.0 Å². The third kappa shape index (κ3) is 5.45. The Morgan fingerprint density at radius 2 is 1.70 bits per heavy atom. The van der Waals surface area contributed by atoms with Gasteiger partial charge in [-0.1, -0.05) is 33.6 Å². The van der Waals surface area contributed by atoms with Crippen molar-refractivity contribution in [2.75, 3.05) is 11.9 Å². The topological polar surface area (TPSA) is 80.3 Å². The molecule has 0 unspecified atom stereocenters. The summed E-state index contributed by atoms with van der Waals surface area (Å²) >= 11 is 3.37. The van der Waals surface area contributed by atoms with Gasteiger partial charge in [0, 0.05) is 16.4 Å². The second-order valence-corrected chi connectivity index (χ2v) is 7.83. The van der Waals surface area contributed by atoms with Gasteiger partial charge in [0.05, 0.1) is 6.54 Å². The molecule has 7 heteroatoms. The molecule has 154 valence electrons. The maximum absolute atomic E-state index is 12.6. The zero-order chi connectivity index (χ0) is 21.7. The molecule has 2 amide bonds. The predicted octanol–water partition coefficient (Wildman–Crippen LogP) is 4.93. The molecule has 2 N–H and O–H groups in total. The van der Waals surface area contributed by atoms with Crippen molar-refractivity contribution in [3.8, 4) is 11.6 Å². The molecule has 0 aliphatic carbocycles. The lowest BCUT2D eigenvalue weighted by molar-refractivity contribution is -0.115. The monoisotopic (exact) mass is 467 g/mol. The van der Waals surface area contributed by atoms with Crippen LogP contribution in [0.3, 0.4) is 0 Å². The maximum Gasteiger partial charge on any atom is 0.257 e. The summed E-state index contributed by atoms with van der Waals surface area (Å²) in [5, 5.41) is 5.49. The van der Waals surface area contributed by atoms with Crippen LogP contribution in [0.15, 0.2) is 59.2 Å². The van der Waals surface area contributed by atoms with E-state index >= 15 is 0 Å². The van der Waals surface area contributed by atoms with Crippen LogP contribution in [0.2, 0.25) is 0 Å². The second-order valence-electron chi connectivity index (χ2n) is 6.92. The summed E-state index contributed by atoms with van der Waals surface area (Å²) in [5.41, 5.74) is 4.09. The van der Waals surface area contributed by atoms with Crippen molar-refractivity contribution < 1.29 is 14.3 Å². The average molecular weight is 468 g/mol. The highest BCUT2D eigenvalue weighted by Gasteiger charge is 2.16. The van der Waals surface area contributed by atoms with Crippen molar-refractivity contribution in [2.45, 2.75) is 20.8 Å². The SMILES string of the molecule is Cc1cc(C)c(NC(=O)CNC(=O)c2cccnc2Oc2ccc(Br)cc2)c(C)c1. The minimum atomic E-state index is -0.442. The van der Waals surface area contributed by atoms with Crippen molar-refractivity contribution in [1.82, 2.24) is 10.3 Å². The lowest BCUT2D eigenvalue weighted by atomic mass is 10.1. The molecule has 0 atom stereocenters. The minimum absolute atomic E-state index is 0.168. The molecule has 30 heavy (non-hydrogen) atoms. The first-order chi connectivity index (χ1) is 14.3. The summed E-state index contributed by atoms with van der Waals surface area (Å²) < 4.78 is 6.65. The normalized spacial score (nSPS) is 10.4. The molecule has 1 heterocycles. The number of hydrogen-bond acceptors (Lipinski definition) is 4. The van der Waals surface area contributed by atoms with Crippen LogP contribution in [0.5, 0.6) is 11.6 Å². The van der Waals surface area contributed by atoms with Gasteiger partial charge in [-0.25, -0.2) is 4.98 Å². The van der Waals surface area contributed by atoms with Gasteiger partial charge in [-0.3, -0.25) is 9.59 Å². The fraction of sp³-hybridized carbons (Fsp3) is 0.174. The third-order valence-corrected chi connectivity index (χ3v) is 4.92. The number of anilines is 1. The molecule has 0 saturated carbocycles. The Morgan fingerprint density at radius 1 is 1.03 bits per heavy atom. The van der Waals surface area contributed by atoms with E-state index in [0.717, 1.165) is 26.9 Å². The molecular formula is C23H22BrN3O3. The molecule has 0 bridgehead atoms. The van der Waals surface area contributed by atoms with Crippen LogP contribution < -0.4 is 15.4 Å². The fourth-order valence-corrected chi connectivity index (χ4v) is 3.34. The third-order valence-electron chi connectivity index (χ3n) is 4.39. The predicted molar refractivity (Wildman–Crippen MR) is 120 cm³/mol. The number of amides is 2. The van der Waals surface area contributed by atoms with E-state index in [1.54, 1.807) is 30.5 Å². The first-order valence-corrected chi connectivity index (χ1v) is 10.2. The van der Waals surface area contributed by atoms with Gasteiger partial charge in [0.1, 0.15) is 11.3 Å². The number of nitrogens with zero attached hydrogens (tertiary/aromatic N) is 1. The average Bonchev–Trinajstić information content (AvgIpc) is 2.71. The number of pyridine rings is 1. The van der Waals surface area contributed by atoms with Crippen molar-refractivity contribution >= 4 is 33.4 Å². The number of ether oxygens (including phenoxy) is 1.